The fraction of sp³-hybridized carbons (Fsp3) is 0.529. The number of carbonyl (C=O) groups is 1. The summed E-state index contributed by atoms with van der Waals surface area (Å²) in [6, 6.07) is 8.29. The van der Waals surface area contributed by atoms with E-state index in [4.69, 9.17) is 4.74 Å². The number of aromatic nitrogens is 4. The van der Waals surface area contributed by atoms with Crippen LogP contribution in [0.3, 0.4) is 0 Å². The standard InChI is InChI=1S/C17H22N6O2/c1-12-11-22(7-8-25-12)16(24)10-18-14-4-2-3-13(9-14)17-19-20-21-23(17)15-5-6-15/h2-4,9,12,15,18H,5-8,10-11H2,1H3. The highest BCUT2D eigenvalue weighted by Crippen LogP contribution is 2.36. The first-order chi connectivity index (χ1) is 12.2. The minimum Gasteiger partial charge on any atom is -0.376 e. The molecule has 1 aliphatic carbocycles. The third kappa shape index (κ3) is 3.63. The van der Waals surface area contributed by atoms with E-state index in [1.54, 1.807) is 0 Å². The summed E-state index contributed by atoms with van der Waals surface area (Å²) < 4.78 is 7.37. The molecule has 0 radical (unpaired) electrons. The highest BCUT2D eigenvalue weighted by atomic mass is 16.5. The van der Waals surface area contributed by atoms with Gasteiger partial charge in [-0.25, -0.2) is 4.68 Å². The zero-order valence-electron chi connectivity index (χ0n) is 14.3. The molecule has 2 aliphatic rings. The zero-order valence-corrected chi connectivity index (χ0v) is 14.3. The number of tetrazole rings is 1. The van der Waals surface area contributed by atoms with Crippen molar-refractivity contribution < 1.29 is 9.53 Å². The summed E-state index contributed by atoms with van der Waals surface area (Å²) in [5, 5.41) is 15.3. The molecule has 1 saturated heterocycles. The van der Waals surface area contributed by atoms with E-state index in [0.717, 1.165) is 29.9 Å². The lowest BCUT2D eigenvalue weighted by Gasteiger charge is -2.31. The molecule has 0 bridgehead atoms. The SMILES string of the molecule is CC1CN(C(=O)CNc2cccc(-c3nnnn3C3CC3)c2)CCO1. The van der Waals surface area contributed by atoms with Crippen LogP contribution in [0.1, 0.15) is 25.8 Å². The van der Waals surface area contributed by atoms with Crippen LogP contribution in [0.25, 0.3) is 11.4 Å². The molecule has 1 saturated carbocycles. The van der Waals surface area contributed by atoms with Crippen molar-refractivity contribution >= 4 is 11.6 Å². The predicted molar refractivity (Wildman–Crippen MR) is 92.0 cm³/mol. The largest absolute Gasteiger partial charge is 0.376 e. The number of carbonyl (C=O) groups excluding carboxylic acids is 1. The lowest BCUT2D eigenvalue weighted by atomic mass is 10.2. The molecule has 0 spiro atoms. The fourth-order valence-corrected chi connectivity index (χ4v) is 3.05. The molecule has 4 rings (SSSR count). The minimum absolute atomic E-state index is 0.0865. The van der Waals surface area contributed by atoms with Gasteiger partial charge in [0.1, 0.15) is 0 Å². The van der Waals surface area contributed by atoms with Gasteiger partial charge in [0.2, 0.25) is 5.91 Å². The Balaban J connectivity index is 1.41. The number of anilines is 1. The van der Waals surface area contributed by atoms with E-state index in [-0.39, 0.29) is 18.6 Å². The van der Waals surface area contributed by atoms with Gasteiger partial charge in [-0.05, 0) is 42.3 Å². The molecule has 1 atom stereocenters. The van der Waals surface area contributed by atoms with Crippen LogP contribution in [-0.4, -0.2) is 63.4 Å². The van der Waals surface area contributed by atoms with Crippen LogP contribution in [0.5, 0.6) is 0 Å². The number of hydrogen-bond donors (Lipinski definition) is 1. The van der Waals surface area contributed by atoms with Gasteiger partial charge in [0.15, 0.2) is 5.82 Å². The Kier molecular flexibility index (Phi) is 4.35. The summed E-state index contributed by atoms with van der Waals surface area (Å²) in [5.41, 5.74) is 1.84. The maximum Gasteiger partial charge on any atom is 0.242 e. The Morgan fingerprint density at radius 3 is 3.08 bits per heavy atom. The van der Waals surface area contributed by atoms with Crippen molar-refractivity contribution in [1.29, 1.82) is 0 Å². The number of nitrogens with zero attached hydrogens (tertiary/aromatic N) is 5. The van der Waals surface area contributed by atoms with Gasteiger partial charge in [-0.2, -0.15) is 0 Å². The third-order valence-electron chi connectivity index (χ3n) is 4.54. The monoisotopic (exact) mass is 342 g/mol. The van der Waals surface area contributed by atoms with E-state index in [1.165, 1.54) is 0 Å². The average molecular weight is 342 g/mol. The first-order valence-corrected chi connectivity index (χ1v) is 8.72. The Morgan fingerprint density at radius 1 is 1.40 bits per heavy atom. The van der Waals surface area contributed by atoms with Crippen LogP contribution in [0.15, 0.2) is 24.3 Å². The van der Waals surface area contributed by atoms with E-state index in [0.29, 0.717) is 25.7 Å². The highest BCUT2D eigenvalue weighted by Gasteiger charge is 2.28. The molecule has 2 heterocycles. The molecule has 8 heteroatoms. The van der Waals surface area contributed by atoms with Gasteiger partial charge in [-0.15, -0.1) is 5.10 Å². The summed E-state index contributed by atoms with van der Waals surface area (Å²) in [5.74, 6) is 0.864. The molecule has 1 N–H and O–H groups in total. The molecule has 8 nitrogen and oxygen atoms in total. The lowest BCUT2D eigenvalue weighted by molar-refractivity contribution is -0.136. The van der Waals surface area contributed by atoms with Crippen molar-refractivity contribution in [3.8, 4) is 11.4 Å². The van der Waals surface area contributed by atoms with Crippen molar-refractivity contribution in [3.05, 3.63) is 24.3 Å². The van der Waals surface area contributed by atoms with Crippen molar-refractivity contribution in [2.45, 2.75) is 31.9 Å². The van der Waals surface area contributed by atoms with Gasteiger partial charge < -0.3 is 15.0 Å². The summed E-state index contributed by atoms with van der Waals surface area (Å²) >= 11 is 0. The molecule has 1 aromatic heterocycles. The average Bonchev–Trinajstić information content (AvgIpc) is 3.36. The van der Waals surface area contributed by atoms with Gasteiger partial charge in [-0.1, -0.05) is 12.1 Å². The minimum atomic E-state index is 0.0865. The van der Waals surface area contributed by atoms with Crippen LogP contribution in [0.4, 0.5) is 5.69 Å². The molecular formula is C17H22N6O2. The second kappa shape index (κ2) is 6.79. The third-order valence-corrected chi connectivity index (χ3v) is 4.54. The predicted octanol–water partition coefficient (Wildman–Crippen LogP) is 1.33. The number of nitrogens with one attached hydrogen (secondary N) is 1. The van der Waals surface area contributed by atoms with E-state index in [1.807, 2.05) is 40.8 Å². The first-order valence-electron chi connectivity index (χ1n) is 8.72. The van der Waals surface area contributed by atoms with Crippen LogP contribution < -0.4 is 5.32 Å². The van der Waals surface area contributed by atoms with E-state index in [9.17, 15) is 4.79 Å². The number of hydrogen-bond acceptors (Lipinski definition) is 6. The molecule has 132 valence electrons. The summed E-state index contributed by atoms with van der Waals surface area (Å²) in [6.45, 7) is 4.16. The topological polar surface area (TPSA) is 85.2 Å². The summed E-state index contributed by atoms with van der Waals surface area (Å²) in [6.07, 6.45) is 2.35. The maximum atomic E-state index is 12.4. The first kappa shape index (κ1) is 16.0. The molecule has 25 heavy (non-hydrogen) atoms. The van der Waals surface area contributed by atoms with E-state index < -0.39 is 0 Å². The number of ether oxygens (including phenoxy) is 1. The summed E-state index contributed by atoms with van der Waals surface area (Å²) in [4.78, 5) is 14.2. The lowest BCUT2D eigenvalue weighted by Crippen LogP contribution is -2.46. The van der Waals surface area contributed by atoms with E-state index >= 15 is 0 Å². The Bertz CT molecular complexity index is 757. The van der Waals surface area contributed by atoms with Gasteiger partial charge in [-0.3, -0.25) is 4.79 Å². The Morgan fingerprint density at radius 2 is 2.28 bits per heavy atom. The number of benzene rings is 1. The van der Waals surface area contributed by atoms with Gasteiger partial charge in [0.05, 0.1) is 25.3 Å². The highest BCUT2D eigenvalue weighted by molar-refractivity contribution is 5.81. The quantitative estimate of drug-likeness (QED) is 0.882. The van der Waals surface area contributed by atoms with Crippen molar-refractivity contribution in [1.82, 2.24) is 25.1 Å². The van der Waals surface area contributed by atoms with Gasteiger partial charge >= 0.3 is 0 Å². The molecule has 1 unspecified atom stereocenters. The fourth-order valence-electron chi connectivity index (χ4n) is 3.05. The molecule has 2 fully saturated rings. The van der Waals surface area contributed by atoms with Gasteiger partial charge in [0.25, 0.3) is 0 Å². The normalized spacial score (nSPS) is 20.5. The Labute approximate surface area is 146 Å². The molecule has 1 aliphatic heterocycles. The second-order valence-electron chi connectivity index (χ2n) is 6.63. The summed E-state index contributed by atoms with van der Waals surface area (Å²) in [7, 11) is 0. The van der Waals surface area contributed by atoms with Crippen LogP contribution in [0, 0.1) is 0 Å². The van der Waals surface area contributed by atoms with Gasteiger partial charge in [0, 0.05) is 24.3 Å². The van der Waals surface area contributed by atoms with Crippen LogP contribution in [-0.2, 0) is 9.53 Å². The van der Waals surface area contributed by atoms with Crippen LogP contribution in [0.2, 0.25) is 0 Å². The number of rotatable bonds is 5. The second-order valence-corrected chi connectivity index (χ2v) is 6.63. The van der Waals surface area contributed by atoms with Crippen molar-refractivity contribution in [2.24, 2.45) is 0 Å². The van der Waals surface area contributed by atoms with E-state index in [2.05, 4.69) is 20.8 Å². The number of morpholine rings is 1. The zero-order chi connectivity index (χ0) is 17.2. The molecule has 1 aromatic carbocycles. The van der Waals surface area contributed by atoms with Crippen molar-refractivity contribution in [2.75, 3.05) is 31.6 Å². The maximum absolute atomic E-state index is 12.4. The molecule has 2 aromatic rings. The van der Waals surface area contributed by atoms with Crippen molar-refractivity contribution in [3.63, 3.8) is 0 Å². The smallest absolute Gasteiger partial charge is 0.242 e. The Hall–Kier alpha value is -2.48. The number of amides is 1. The molecule has 1 amide bonds. The van der Waals surface area contributed by atoms with Crippen LogP contribution >= 0.6 is 0 Å². The molecular weight excluding hydrogens is 320 g/mol.